The number of nitrogens with zero attached hydrogens (tertiary/aromatic N) is 2. The van der Waals surface area contributed by atoms with Gasteiger partial charge in [0.25, 0.3) is 10.2 Å². The highest BCUT2D eigenvalue weighted by Crippen LogP contribution is 2.37. The van der Waals surface area contributed by atoms with Crippen molar-refractivity contribution in [3.05, 3.63) is 0 Å². The quantitative estimate of drug-likeness (QED) is 0.841. The van der Waals surface area contributed by atoms with Crippen molar-refractivity contribution in [1.29, 1.82) is 0 Å². The first kappa shape index (κ1) is 15.7. The molecule has 0 radical (unpaired) electrons. The third-order valence-electron chi connectivity index (χ3n) is 5.61. The van der Waals surface area contributed by atoms with Crippen molar-refractivity contribution in [3.8, 4) is 0 Å². The van der Waals surface area contributed by atoms with Crippen LogP contribution in [0.1, 0.15) is 51.9 Å². The van der Waals surface area contributed by atoms with E-state index in [4.69, 9.17) is 0 Å². The van der Waals surface area contributed by atoms with Crippen LogP contribution in [0.5, 0.6) is 0 Å². The Hall–Kier alpha value is -0.170. The summed E-state index contributed by atoms with van der Waals surface area (Å²) in [5, 5.41) is 3.43. The van der Waals surface area contributed by atoms with E-state index in [9.17, 15) is 8.42 Å². The summed E-state index contributed by atoms with van der Waals surface area (Å²) in [4.78, 5) is 0. The third kappa shape index (κ3) is 3.00. The molecule has 1 spiro atoms. The molecule has 122 valence electrons. The Morgan fingerprint density at radius 2 is 1.71 bits per heavy atom. The molecule has 1 N–H and O–H groups in total. The molecular formula is C15H29N3O2S. The molecule has 3 aliphatic rings. The SMILES string of the molecule is CC1CCN(S(=O)(=O)N2CCNCC23CCCCC3)CC1. The van der Waals surface area contributed by atoms with Crippen LogP contribution in [0.2, 0.25) is 0 Å². The fourth-order valence-electron chi connectivity index (χ4n) is 4.18. The van der Waals surface area contributed by atoms with Gasteiger partial charge in [-0.25, -0.2) is 0 Å². The summed E-state index contributed by atoms with van der Waals surface area (Å²) in [5.74, 6) is 0.656. The highest BCUT2D eigenvalue weighted by Gasteiger charge is 2.47. The molecule has 2 saturated heterocycles. The van der Waals surface area contributed by atoms with Gasteiger partial charge in [-0.1, -0.05) is 26.2 Å². The zero-order valence-corrected chi connectivity index (χ0v) is 14.0. The van der Waals surface area contributed by atoms with Gasteiger partial charge in [-0.2, -0.15) is 17.0 Å². The van der Waals surface area contributed by atoms with Crippen LogP contribution in [0.4, 0.5) is 0 Å². The van der Waals surface area contributed by atoms with E-state index >= 15 is 0 Å². The molecule has 0 unspecified atom stereocenters. The lowest BCUT2D eigenvalue weighted by Gasteiger charge is -2.50. The Morgan fingerprint density at radius 3 is 2.38 bits per heavy atom. The lowest BCUT2D eigenvalue weighted by Crippen LogP contribution is -2.66. The van der Waals surface area contributed by atoms with E-state index in [0.29, 0.717) is 25.6 Å². The molecule has 21 heavy (non-hydrogen) atoms. The first-order valence-electron chi connectivity index (χ1n) is 8.53. The number of hydrogen-bond acceptors (Lipinski definition) is 3. The molecule has 3 fully saturated rings. The molecule has 5 nitrogen and oxygen atoms in total. The topological polar surface area (TPSA) is 52.7 Å². The van der Waals surface area contributed by atoms with Gasteiger partial charge in [0, 0.05) is 38.3 Å². The lowest BCUT2D eigenvalue weighted by atomic mass is 9.80. The molecule has 3 rings (SSSR count). The Kier molecular flexibility index (Phi) is 4.60. The number of piperazine rings is 1. The molecule has 6 heteroatoms. The van der Waals surface area contributed by atoms with Crippen molar-refractivity contribution in [2.24, 2.45) is 5.92 Å². The van der Waals surface area contributed by atoms with E-state index in [0.717, 1.165) is 51.6 Å². The summed E-state index contributed by atoms with van der Waals surface area (Å²) in [5.41, 5.74) is -0.154. The summed E-state index contributed by atoms with van der Waals surface area (Å²) in [6.45, 7) is 5.86. The van der Waals surface area contributed by atoms with Crippen LogP contribution in [-0.4, -0.2) is 55.3 Å². The van der Waals surface area contributed by atoms with Gasteiger partial charge in [0.15, 0.2) is 0 Å². The van der Waals surface area contributed by atoms with E-state index in [1.165, 1.54) is 6.42 Å². The average molecular weight is 315 g/mol. The molecule has 0 aromatic rings. The van der Waals surface area contributed by atoms with Crippen molar-refractivity contribution in [2.75, 3.05) is 32.7 Å². The molecule has 2 aliphatic heterocycles. The number of hydrogen-bond donors (Lipinski definition) is 1. The Morgan fingerprint density at radius 1 is 1.05 bits per heavy atom. The van der Waals surface area contributed by atoms with Crippen molar-refractivity contribution >= 4 is 10.2 Å². The minimum absolute atomic E-state index is 0.154. The molecule has 0 aromatic carbocycles. The lowest BCUT2D eigenvalue weighted by molar-refractivity contribution is 0.0914. The number of piperidine rings is 1. The molecule has 0 aromatic heterocycles. The summed E-state index contributed by atoms with van der Waals surface area (Å²) in [6, 6.07) is 0. The zero-order chi connectivity index (χ0) is 14.9. The summed E-state index contributed by atoms with van der Waals surface area (Å²) < 4.78 is 29.9. The van der Waals surface area contributed by atoms with Crippen LogP contribution in [0.3, 0.4) is 0 Å². The van der Waals surface area contributed by atoms with E-state index in [1.54, 1.807) is 4.31 Å². The predicted molar refractivity (Wildman–Crippen MR) is 84.3 cm³/mol. The second-order valence-electron chi connectivity index (χ2n) is 7.12. The van der Waals surface area contributed by atoms with Gasteiger partial charge < -0.3 is 5.32 Å². The van der Waals surface area contributed by atoms with Gasteiger partial charge in [-0.3, -0.25) is 0 Å². The van der Waals surface area contributed by atoms with Gasteiger partial charge in [0.2, 0.25) is 0 Å². The zero-order valence-electron chi connectivity index (χ0n) is 13.2. The molecule has 0 atom stereocenters. The molecular weight excluding hydrogens is 286 g/mol. The normalized spacial score (nSPS) is 29.8. The Bertz CT molecular complexity index is 443. The standard InChI is InChI=1S/C15H29N3O2S/c1-14-5-10-17(11-6-14)21(19,20)18-12-9-16-13-15(18)7-3-2-4-8-15/h14,16H,2-13H2,1H3. The first-order chi connectivity index (χ1) is 10.0. The third-order valence-corrected chi connectivity index (χ3v) is 7.75. The molecule has 1 saturated carbocycles. The fourth-order valence-corrected chi connectivity index (χ4v) is 6.19. The maximum atomic E-state index is 13.1. The maximum absolute atomic E-state index is 13.1. The number of rotatable bonds is 2. The molecule has 0 bridgehead atoms. The molecule has 1 aliphatic carbocycles. The maximum Gasteiger partial charge on any atom is 0.282 e. The average Bonchev–Trinajstić information content (AvgIpc) is 2.49. The predicted octanol–water partition coefficient (Wildman–Crippen LogP) is 1.57. The van der Waals surface area contributed by atoms with Gasteiger partial charge in [-0.15, -0.1) is 0 Å². The van der Waals surface area contributed by atoms with Crippen LogP contribution in [0.25, 0.3) is 0 Å². The van der Waals surface area contributed by atoms with Crippen molar-refractivity contribution in [1.82, 2.24) is 13.9 Å². The van der Waals surface area contributed by atoms with Crippen molar-refractivity contribution in [2.45, 2.75) is 57.4 Å². The van der Waals surface area contributed by atoms with E-state index < -0.39 is 10.2 Å². The minimum atomic E-state index is -3.29. The van der Waals surface area contributed by atoms with E-state index in [1.807, 2.05) is 4.31 Å². The van der Waals surface area contributed by atoms with Crippen LogP contribution >= 0.6 is 0 Å². The molecule has 2 heterocycles. The summed E-state index contributed by atoms with van der Waals surface area (Å²) in [7, 11) is -3.29. The van der Waals surface area contributed by atoms with Gasteiger partial charge in [0.1, 0.15) is 0 Å². The van der Waals surface area contributed by atoms with Crippen LogP contribution in [0, 0.1) is 5.92 Å². The van der Waals surface area contributed by atoms with Crippen LogP contribution in [-0.2, 0) is 10.2 Å². The van der Waals surface area contributed by atoms with E-state index in [-0.39, 0.29) is 5.54 Å². The summed E-state index contributed by atoms with van der Waals surface area (Å²) >= 11 is 0. The largest absolute Gasteiger partial charge is 0.314 e. The second kappa shape index (κ2) is 6.14. The van der Waals surface area contributed by atoms with Crippen molar-refractivity contribution in [3.63, 3.8) is 0 Å². The monoisotopic (exact) mass is 315 g/mol. The molecule has 0 amide bonds. The minimum Gasteiger partial charge on any atom is -0.314 e. The fraction of sp³-hybridized carbons (Fsp3) is 1.00. The van der Waals surface area contributed by atoms with Gasteiger partial charge >= 0.3 is 0 Å². The van der Waals surface area contributed by atoms with Crippen LogP contribution < -0.4 is 5.32 Å². The second-order valence-corrected chi connectivity index (χ2v) is 8.98. The van der Waals surface area contributed by atoms with Crippen molar-refractivity contribution < 1.29 is 8.42 Å². The van der Waals surface area contributed by atoms with Crippen LogP contribution in [0.15, 0.2) is 0 Å². The van der Waals surface area contributed by atoms with E-state index in [2.05, 4.69) is 12.2 Å². The summed E-state index contributed by atoms with van der Waals surface area (Å²) in [6.07, 6.45) is 7.59. The Balaban J connectivity index is 1.81. The highest BCUT2D eigenvalue weighted by molar-refractivity contribution is 7.86. The van der Waals surface area contributed by atoms with Gasteiger partial charge in [0.05, 0.1) is 0 Å². The number of nitrogens with one attached hydrogen (secondary N) is 1. The van der Waals surface area contributed by atoms with Gasteiger partial charge in [-0.05, 0) is 31.6 Å². The smallest absolute Gasteiger partial charge is 0.282 e. The Labute approximate surface area is 129 Å². The first-order valence-corrected chi connectivity index (χ1v) is 9.93. The highest BCUT2D eigenvalue weighted by atomic mass is 32.2.